The Morgan fingerprint density at radius 2 is 1.68 bits per heavy atom. The third kappa shape index (κ3) is 3.57. The highest BCUT2D eigenvalue weighted by atomic mass is 35.5. The second kappa shape index (κ2) is 5.86. The zero-order chi connectivity index (χ0) is 16.5. The van der Waals surface area contributed by atoms with Crippen molar-refractivity contribution in [2.45, 2.75) is 9.79 Å². The van der Waals surface area contributed by atoms with Gasteiger partial charge in [0.15, 0.2) is 21.4 Å². The van der Waals surface area contributed by atoms with Crippen LogP contribution in [0, 0.1) is 5.82 Å². The first-order valence-electron chi connectivity index (χ1n) is 5.80. The van der Waals surface area contributed by atoms with E-state index < -0.39 is 36.4 Å². The van der Waals surface area contributed by atoms with Crippen molar-refractivity contribution in [1.29, 1.82) is 0 Å². The molecule has 0 aliphatic heterocycles. The third-order valence-electron chi connectivity index (χ3n) is 2.64. The summed E-state index contributed by atoms with van der Waals surface area (Å²) in [6, 6.07) is 8.07. The largest absolute Gasteiger partial charge is 0.376 e. The highest BCUT2D eigenvalue weighted by molar-refractivity contribution is 7.90. The van der Waals surface area contributed by atoms with Crippen LogP contribution in [0.2, 0.25) is 5.02 Å². The van der Waals surface area contributed by atoms with Crippen molar-refractivity contribution < 1.29 is 25.4 Å². The minimum atomic E-state index is -4.49. The molecule has 0 aliphatic rings. The summed E-state index contributed by atoms with van der Waals surface area (Å²) >= 11 is 5.79. The minimum absolute atomic E-state index is 0.233. The molecular weight excluding hydrogens is 355 g/mol. The molecule has 2 rings (SSSR count). The predicted molar refractivity (Wildman–Crippen MR) is 78.8 cm³/mol. The molecule has 0 heterocycles. The van der Waals surface area contributed by atoms with Crippen LogP contribution in [0.3, 0.4) is 0 Å². The van der Waals surface area contributed by atoms with Crippen molar-refractivity contribution in [3.05, 3.63) is 53.3 Å². The van der Waals surface area contributed by atoms with Crippen LogP contribution < -0.4 is 4.18 Å². The lowest BCUT2D eigenvalue weighted by molar-refractivity contribution is 0.461. The summed E-state index contributed by atoms with van der Waals surface area (Å²) in [4.78, 5) is -0.798. The predicted octanol–water partition coefficient (Wildman–Crippen LogP) is 2.65. The summed E-state index contributed by atoms with van der Waals surface area (Å²) in [5.41, 5.74) is 0. The van der Waals surface area contributed by atoms with Crippen molar-refractivity contribution in [3.8, 4) is 5.75 Å². The molecule has 9 heteroatoms. The summed E-state index contributed by atoms with van der Waals surface area (Å²) in [6.07, 6.45) is 0.921. The molecule has 0 spiro atoms. The molecule has 0 saturated carbocycles. The maximum Gasteiger partial charge on any atom is 0.340 e. The van der Waals surface area contributed by atoms with Gasteiger partial charge in [-0.3, -0.25) is 0 Å². The smallest absolute Gasteiger partial charge is 0.340 e. The molecule has 118 valence electrons. The maximum atomic E-state index is 13.5. The number of sulfone groups is 1. The number of rotatable bonds is 4. The third-order valence-corrected chi connectivity index (χ3v) is 5.46. The van der Waals surface area contributed by atoms with E-state index in [-0.39, 0.29) is 9.92 Å². The van der Waals surface area contributed by atoms with Gasteiger partial charge in [0.05, 0.1) is 9.92 Å². The molecule has 0 aromatic heterocycles. The van der Waals surface area contributed by atoms with Crippen LogP contribution in [0.15, 0.2) is 52.3 Å². The van der Waals surface area contributed by atoms with Gasteiger partial charge < -0.3 is 4.18 Å². The van der Waals surface area contributed by atoms with E-state index in [4.69, 9.17) is 11.6 Å². The van der Waals surface area contributed by atoms with E-state index in [0.717, 1.165) is 30.5 Å². The first kappa shape index (κ1) is 16.7. The normalized spacial score (nSPS) is 12.1. The van der Waals surface area contributed by atoms with E-state index in [1.807, 2.05) is 0 Å². The maximum absolute atomic E-state index is 13.5. The Hall–Kier alpha value is -1.64. The topological polar surface area (TPSA) is 77.5 Å². The average molecular weight is 365 g/mol. The first-order valence-corrected chi connectivity index (χ1v) is 9.47. The fourth-order valence-corrected chi connectivity index (χ4v) is 3.74. The van der Waals surface area contributed by atoms with Crippen molar-refractivity contribution in [1.82, 2.24) is 0 Å². The van der Waals surface area contributed by atoms with Gasteiger partial charge in [-0.25, -0.2) is 12.8 Å². The summed E-state index contributed by atoms with van der Waals surface area (Å²) in [5.74, 6) is -1.38. The Kier molecular flexibility index (Phi) is 4.46. The molecule has 0 atom stereocenters. The first-order chi connectivity index (χ1) is 10.1. The molecule has 0 bridgehead atoms. The molecule has 0 unspecified atom stereocenters. The highest BCUT2D eigenvalue weighted by Crippen LogP contribution is 2.28. The van der Waals surface area contributed by atoms with E-state index in [0.29, 0.717) is 0 Å². The van der Waals surface area contributed by atoms with Gasteiger partial charge in [0.2, 0.25) is 0 Å². The van der Waals surface area contributed by atoms with E-state index in [1.165, 1.54) is 18.2 Å². The summed E-state index contributed by atoms with van der Waals surface area (Å²) in [7, 11) is -8.12. The lowest BCUT2D eigenvalue weighted by Gasteiger charge is -2.10. The Morgan fingerprint density at radius 3 is 2.27 bits per heavy atom. The van der Waals surface area contributed by atoms with Gasteiger partial charge in [0.1, 0.15) is 4.90 Å². The van der Waals surface area contributed by atoms with Gasteiger partial charge in [0, 0.05) is 6.26 Å². The molecule has 2 aromatic rings. The number of halogens is 2. The molecule has 5 nitrogen and oxygen atoms in total. The molecule has 22 heavy (non-hydrogen) atoms. The zero-order valence-corrected chi connectivity index (χ0v) is 13.5. The number of hydrogen-bond acceptors (Lipinski definition) is 5. The summed E-state index contributed by atoms with van der Waals surface area (Å²) < 4.78 is 65.5. The van der Waals surface area contributed by atoms with Crippen molar-refractivity contribution >= 4 is 31.6 Å². The van der Waals surface area contributed by atoms with E-state index >= 15 is 0 Å². The van der Waals surface area contributed by atoms with E-state index in [2.05, 4.69) is 4.18 Å². The molecular formula is C13H10ClFO5S2. The average Bonchev–Trinajstić information content (AvgIpc) is 2.40. The van der Waals surface area contributed by atoms with Crippen LogP contribution in [0.5, 0.6) is 5.75 Å². The summed E-state index contributed by atoms with van der Waals surface area (Å²) in [6.45, 7) is 0. The molecule has 0 N–H and O–H groups in total. The fraction of sp³-hybridized carbons (Fsp3) is 0.0769. The van der Waals surface area contributed by atoms with Crippen LogP contribution in [0.4, 0.5) is 4.39 Å². The monoisotopic (exact) mass is 364 g/mol. The molecule has 2 aromatic carbocycles. The second-order valence-electron chi connectivity index (χ2n) is 4.33. The van der Waals surface area contributed by atoms with Crippen LogP contribution >= 0.6 is 11.6 Å². The standard InChI is InChI=1S/C13H10ClFO5S2/c1-21(16,17)9-6-7-10(14)13(8-9)22(18,19)20-12-5-3-2-4-11(12)15/h2-8H,1H3. The lowest BCUT2D eigenvalue weighted by Crippen LogP contribution is -2.12. The van der Waals surface area contributed by atoms with E-state index in [9.17, 15) is 21.2 Å². The highest BCUT2D eigenvalue weighted by Gasteiger charge is 2.24. The quantitative estimate of drug-likeness (QED) is 0.779. The van der Waals surface area contributed by atoms with Gasteiger partial charge in [-0.05, 0) is 30.3 Å². The van der Waals surface area contributed by atoms with Gasteiger partial charge >= 0.3 is 10.1 Å². The number of para-hydroxylation sites is 1. The van der Waals surface area contributed by atoms with Crippen LogP contribution in [-0.4, -0.2) is 23.1 Å². The molecule has 0 fully saturated rings. The Labute approximate surface area is 132 Å². The zero-order valence-electron chi connectivity index (χ0n) is 11.2. The van der Waals surface area contributed by atoms with Gasteiger partial charge in [0.25, 0.3) is 0 Å². The Bertz CT molecular complexity index is 923. The van der Waals surface area contributed by atoms with E-state index in [1.54, 1.807) is 0 Å². The van der Waals surface area contributed by atoms with Crippen LogP contribution in [0.25, 0.3) is 0 Å². The van der Waals surface area contributed by atoms with Crippen molar-refractivity contribution in [3.63, 3.8) is 0 Å². The van der Waals surface area contributed by atoms with Gasteiger partial charge in [-0.2, -0.15) is 8.42 Å². The SMILES string of the molecule is CS(=O)(=O)c1ccc(Cl)c(S(=O)(=O)Oc2ccccc2F)c1. The lowest BCUT2D eigenvalue weighted by atomic mass is 10.3. The second-order valence-corrected chi connectivity index (χ2v) is 8.27. The number of benzene rings is 2. The molecule has 0 saturated heterocycles. The minimum Gasteiger partial charge on any atom is -0.376 e. The number of hydrogen-bond donors (Lipinski definition) is 0. The Morgan fingerprint density at radius 1 is 1.05 bits per heavy atom. The van der Waals surface area contributed by atoms with Crippen molar-refractivity contribution in [2.75, 3.05) is 6.26 Å². The van der Waals surface area contributed by atoms with Crippen molar-refractivity contribution in [2.24, 2.45) is 0 Å². The fourth-order valence-electron chi connectivity index (χ4n) is 1.58. The Balaban J connectivity index is 2.53. The molecule has 0 amide bonds. The van der Waals surface area contributed by atoms with Gasteiger partial charge in [-0.15, -0.1) is 0 Å². The summed E-state index contributed by atoms with van der Waals surface area (Å²) in [5, 5.41) is -0.233. The van der Waals surface area contributed by atoms with Crippen LogP contribution in [-0.2, 0) is 20.0 Å². The molecule has 0 radical (unpaired) electrons. The van der Waals surface area contributed by atoms with Crippen LogP contribution in [0.1, 0.15) is 0 Å². The van der Waals surface area contributed by atoms with Gasteiger partial charge in [-0.1, -0.05) is 23.7 Å². The molecule has 0 aliphatic carbocycles.